The fourth-order valence-corrected chi connectivity index (χ4v) is 4.05. The van der Waals surface area contributed by atoms with Crippen LogP contribution in [0.2, 0.25) is 5.02 Å². The van der Waals surface area contributed by atoms with Crippen LogP contribution in [0.5, 0.6) is 0 Å². The maximum Gasteiger partial charge on any atom is 0.244 e. The molecule has 0 N–H and O–H groups in total. The van der Waals surface area contributed by atoms with Crippen LogP contribution in [0.3, 0.4) is 0 Å². The van der Waals surface area contributed by atoms with Crippen LogP contribution in [-0.2, 0) is 17.8 Å². The molecule has 29 heavy (non-hydrogen) atoms. The number of carbonyl (C=O) groups is 1. The number of piperidine rings is 1. The second kappa shape index (κ2) is 8.37. The summed E-state index contributed by atoms with van der Waals surface area (Å²) in [5.41, 5.74) is 3.84. The van der Waals surface area contributed by atoms with E-state index in [2.05, 4.69) is 23.2 Å². The lowest BCUT2D eigenvalue weighted by molar-refractivity contribution is -0.133. The van der Waals surface area contributed by atoms with Crippen molar-refractivity contribution in [1.29, 1.82) is 0 Å². The molecule has 1 aliphatic rings. The Morgan fingerprint density at radius 3 is 2.79 bits per heavy atom. The lowest BCUT2D eigenvalue weighted by atomic mass is 9.92. The minimum atomic E-state index is 0.0672. The van der Waals surface area contributed by atoms with Gasteiger partial charge in [0.25, 0.3) is 0 Å². The summed E-state index contributed by atoms with van der Waals surface area (Å²) in [5, 5.41) is 8.72. The second-order valence-electron chi connectivity index (χ2n) is 7.38. The second-order valence-corrected chi connectivity index (χ2v) is 7.82. The first kappa shape index (κ1) is 19.6. The Morgan fingerprint density at radius 1 is 1.31 bits per heavy atom. The molecule has 3 aromatic heterocycles. The van der Waals surface area contributed by atoms with E-state index in [0.29, 0.717) is 10.9 Å². The van der Waals surface area contributed by atoms with Crippen molar-refractivity contribution in [3.8, 4) is 11.3 Å². The van der Waals surface area contributed by atoms with Crippen LogP contribution in [0.1, 0.15) is 42.8 Å². The fraction of sp³-hybridized carbons (Fsp3) is 0.429. The van der Waals surface area contributed by atoms with E-state index < -0.39 is 0 Å². The van der Waals surface area contributed by atoms with Crippen molar-refractivity contribution < 1.29 is 9.32 Å². The van der Waals surface area contributed by atoms with Gasteiger partial charge in [-0.05, 0) is 31.9 Å². The highest BCUT2D eigenvalue weighted by Gasteiger charge is 2.25. The highest BCUT2D eigenvalue weighted by Crippen LogP contribution is 2.31. The number of nitrogens with zero attached hydrogens (tertiary/aromatic N) is 5. The predicted octanol–water partition coefficient (Wildman–Crippen LogP) is 3.86. The first-order valence-corrected chi connectivity index (χ1v) is 10.3. The zero-order chi connectivity index (χ0) is 20.4. The molecule has 7 nitrogen and oxygen atoms in total. The smallest absolute Gasteiger partial charge is 0.244 e. The summed E-state index contributed by atoms with van der Waals surface area (Å²) in [5.74, 6) is 1.27. The number of amides is 1. The summed E-state index contributed by atoms with van der Waals surface area (Å²) in [4.78, 5) is 19.3. The van der Waals surface area contributed by atoms with Crippen molar-refractivity contribution in [1.82, 2.24) is 24.8 Å². The SMILES string of the molecule is CCc1onc(C)c1-c1cccc(C2CCN(C(=O)Cn3cc(Cl)cn3)CC2)n1. The molecule has 0 bridgehead atoms. The zero-order valence-corrected chi connectivity index (χ0v) is 17.4. The summed E-state index contributed by atoms with van der Waals surface area (Å²) in [6, 6.07) is 6.13. The summed E-state index contributed by atoms with van der Waals surface area (Å²) < 4.78 is 7.00. The van der Waals surface area contributed by atoms with E-state index in [1.807, 2.05) is 24.0 Å². The van der Waals surface area contributed by atoms with Crippen LogP contribution in [0.4, 0.5) is 0 Å². The van der Waals surface area contributed by atoms with Crippen LogP contribution in [-0.4, -0.2) is 43.8 Å². The molecule has 0 aliphatic carbocycles. The van der Waals surface area contributed by atoms with E-state index in [1.165, 1.54) is 0 Å². The number of hydrogen-bond acceptors (Lipinski definition) is 5. The van der Waals surface area contributed by atoms with Crippen LogP contribution in [0.15, 0.2) is 35.1 Å². The summed E-state index contributed by atoms with van der Waals surface area (Å²) >= 11 is 5.87. The van der Waals surface area contributed by atoms with Gasteiger partial charge in [0.2, 0.25) is 5.91 Å². The Morgan fingerprint density at radius 2 is 2.10 bits per heavy atom. The summed E-state index contributed by atoms with van der Waals surface area (Å²) in [7, 11) is 0. The third kappa shape index (κ3) is 4.19. The average Bonchev–Trinajstić information content (AvgIpc) is 3.32. The first-order valence-electron chi connectivity index (χ1n) is 9.93. The minimum Gasteiger partial charge on any atom is -0.360 e. The van der Waals surface area contributed by atoms with Gasteiger partial charge in [-0.25, -0.2) is 0 Å². The van der Waals surface area contributed by atoms with Crippen molar-refractivity contribution in [3.05, 3.63) is 52.8 Å². The molecule has 3 aromatic rings. The monoisotopic (exact) mass is 413 g/mol. The third-order valence-corrected chi connectivity index (χ3v) is 5.64. The van der Waals surface area contributed by atoms with Gasteiger partial charge < -0.3 is 9.42 Å². The predicted molar refractivity (Wildman–Crippen MR) is 110 cm³/mol. The molecule has 0 spiro atoms. The number of carbonyl (C=O) groups excluding carboxylic acids is 1. The largest absolute Gasteiger partial charge is 0.360 e. The molecule has 0 aromatic carbocycles. The summed E-state index contributed by atoms with van der Waals surface area (Å²) in [6.07, 6.45) is 5.78. The van der Waals surface area contributed by atoms with E-state index >= 15 is 0 Å². The van der Waals surface area contributed by atoms with E-state index in [-0.39, 0.29) is 12.5 Å². The molecular weight excluding hydrogens is 390 g/mol. The van der Waals surface area contributed by atoms with Gasteiger partial charge in [0.05, 0.1) is 28.2 Å². The fourth-order valence-electron chi connectivity index (χ4n) is 3.89. The van der Waals surface area contributed by atoms with Gasteiger partial charge >= 0.3 is 0 Å². The zero-order valence-electron chi connectivity index (χ0n) is 16.6. The van der Waals surface area contributed by atoms with Gasteiger partial charge in [-0.2, -0.15) is 5.10 Å². The van der Waals surface area contributed by atoms with Crippen LogP contribution in [0, 0.1) is 6.92 Å². The van der Waals surface area contributed by atoms with Crippen LogP contribution < -0.4 is 0 Å². The molecule has 0 atom stereocenters. The van der Waals surface area contributed by atoms with E-state index in [4.69, 9.17) is 21.1 Å². The van der Waals surface area contributed by atoms with Gasteiger partial charge in [0, 0.05) is 37.3 Å². The molecule has 0 saturated carbocycles. The maximum absolute atomic E-state index is 12.5. The normalized spacial score (nSPS) is 15.1. The Kier molecular flexibility index (Phi) is 5.67. The highest BCUT2D eigenvalue weighted by atomic mass is 35.5. The van der Waals surface area contributed by atoms with Gasteiger partial charge in [-0.1, -0.05) is 29.7 Å². The van der Waals surface area contributed by atoms with Crippen molar-refractivity contribution >= 4 is 17.5 Å². The van der Waals surface area contributed by atoms with Crippen LogP contribution >= 0.6 is 11.6 Å². The lowest BCUT2D eigenvalue weighted by Crippen LogP contribution is -2.40. The van der Waals surface area contributed by atoms with Crippen molar-refractivity contribution in [2.75, 3.05) is 13.1 Å². The molecule has 1 saturated heterocycles. The minimum absolute atomic E-state index is 0.0672. The van der Waals surface area contributed by atoms with Crippen LogP contribution in [0.25, 0.3) is 11.3 Å². The van der Waals surface area contributed by atoms with Crippen molar-refractivity contribution in [2.24, 2.45) is 0 Å². The Hall–Kier alpha value is -2.67. The van der Waals surface area contributed by atoms with Crippen molar-refractivity contribution in [2.45, 2.75) is 45.6 Å². The molecule has 4 rings (SSSR count). The number of rotatable bonds is 5. The highest BCUT2D eigenvalue weighted by molar-refractivity contribution is 6.30. The molecule has 4 heterocycles. The van der Waals surface area contributed by atoms with Gasteiger partial charge in [0.1, 0.15) is 12.3 Å². The number of hydrogen-bond donors (Lipinski definition) is 0. The standard InChI is InChI=1S/C21H24ClN5O2/c1-3-19-21(14(2)25-29-19)18-6-4-5-17(24-18)15-7-9-26(10-8-15)20(28)13-27-12-16(22)11-23-27/h4-6,11-12,15H,3,7-10,13H2,1-2H3. The van der Waals surface area contributed by atoms with Gasteiger partial charge in [-0.3, -0.25) is 14.5 Å². The summed E-state index contributed by atoms with van der Waals surface area (Å²) in [6.45, 7) is 5.66. The quantitative estimate of drug-likeness (QED) is 0.634. The molecule has 1 fully saturated rings. The molecule has 0 unspecified atom stereocenters. The van der Waals surface area contributed by atoms with E-state index in [0.717, 1.165) is 60.8 Å². The molecule has 0 radical (unpaired) electrons. The molecule has 8 heteroatoms. The Bertz CT molecular complexity index is 1000. The third-order valence-electron chi connectivity index (χ3n) is 5.45. The van der Waals surface area contributed by atoms with Gasteiger partial charge in [-0.15, -0.1) is 0 Å². The number of pyridine rings is 1. The number of aromatic nitrogens is 4. The number of likely N-dealkylation sites (tertiary alicyclic amines) is 1. The average molecular weight is 414 g/mol. The Labute approximate surface area is 174 Å². The van der Waals surface area contributed by atoms with E-state index in [9.17, 15) is 4.79 Å². The van der Waals surface area contributed by atoms with E-state index in [1.54, 1.807) is 17.1 Å². The number of halogens is 1. The van der Waals surface area contributed by atoms with Gasteiger partial charge in [0.15, 0.2) is 0 Å². The first-order chi connectivity index (χ1) is 14.0. The van der Waals surface area contributed by atoms with Crippen molar-refractivity contribution in [3.63, 3.8) is 0 Å². The Balaban J connectivity index is 1.42. The molecule has 1 amide bonds. The molecule has 152 valence electrons. The maximum atomic E-state index is 12.5. The lowest BCUT2D eigenvalue weighted by Gasteiger charge is -2.32. The molecule has 1 aliphatic heterocycles. The molecular formula is C21H24ClN5O2. The number of aryl methyl sites for hydroxylation is 2. The topological polar surface area (TPSA) is 77.0 Å².